The van der Waals surface area contributed by atoms with Crippen LogP contribution in [0, 0.1) is 11.6 Å². The van der Waals surface area contributed by atoms with E-state index in [1.165, 1.54) is 0 Å². The van der Waals surface area contributed by atoms with Gasteiger partial charge in [-0.15, -0.1) is 0 Å². The van der Waals surface area contributed by atoms with Crippen molar-refractivity contribution in [2.24, 2.45) is 5.73 Å². The summed E-state index contributed by atoms with van der Waals surface area (Å²) in [5, 5.41) is 8.71. The summed E-state index contributed by atoms with van der Waals surface area (Å²) >= 11 is 0. The molecule has 0 amide bonds. The fourth-order valence-corrected chi connectivity index (χ4v) is 1.54. The molecule has 0 saturated heterocycles. The van der Waals surface area contributed by atoms with E-state index >= 15 is 0 Å². The Morgan fingerprint density at radius 3 is 2.25 bits per heavy atom. The molecule has 1 aromatic carbocycles. The van der Waals surface area contributed by atoms with Crippen LogP contribution in [-0.2, 0) is 10.3 Å². The van der Waals surface area contributed by atoms with E-state index in [1.54, 1.807) is 6.92 Å². The Morgan fingerprint density at radius 2 is 1.88 bits per heavy atom. The van der Waals surface area contributed by atoms with Gasteiger partial charge in [-0.1, -0.05) is 6.92 Å². The third kappa shape index (κ3) is 2.76. The zero-order valence-electron chi connectivity index (χ0n) is 8.84. The highest BCUT2D eigenvalue weighted by Gasteiger charge is 2.29. The number of carbonyl (C=O) groups is 1. The van der Waals surface area contributed by atoms with E-state index in [4.69, 9.17) is 10.8 Å². The Kier molecular flexibility index (Phi) is 3.59. The summed E-state index contributed by atoms with van der Waals surface area (Å²) in [5.41, 5.74) is 4.76. The third-order valence-corrected chi connectivity index (χ3v) is 2.54. The molecule has 0 radical (unpaired) electrons. The first-order valence-corrected chi connectivity index (χ1v) is 4.84. The molecule has 1 unspecified atom stereocenters. The lowest BCUT2D eigenvalue weighted by Gasteiger charge is -2.27. The molecule has 1 rings (SSSR count). The van der Waals surface area contributed by atoms with Crippen molar-refractivity contribution in [2.45, 2.75) is 25.3 Å². The summed E-state index contributed by atoms with van der Waals surface area (Å²) < 4.78 is 26.0. The molecule has 0 aliphatic rings. The molecule has 88 valence electrons. The van der Waals surface area contributed by atoms with Crippen molar-refractivity contribution >= 4 is 5.97 Å². The normalized spacial score (nSPS) is 14.5. The number of hydrogen-bond donors (Lipinski definition) is 2. The minimum atomic E-state index is -1.24. The lowest BCUT2D eigenvalue weighted by molar-refractivity contribution is -0.138. The van der Waals surface area contributed by atoms with Crippen LogP contribution in [0.3, 0.4) is 0 Å². The smallest absolute Gasteiger partial charge is 0.305 e. The molecule has 5 heteroatoms. The molecule has 0 aliphatic heterocycles. The number of rotatable bonds is 4. The number of hydrogen-bond acceptors (Lipinski definition) is 2. The summed E-state index contributed by atoms with van der Waals surface area (Å²) in [6, 6.07) is 2.85. The minimum Gasteiger partial charge on any atom is -0.481 e. The topological polar surface area (TPSA) is 63.3 Å². The number of nitrogens with two attached hydrogens (primary N) is 1. The number of benzene rings is 1. The maximum absolute atomic E-state index is 13.0. The number of carboxylic acid groups (broad SMARTS) is 1. The first kappa shape index (κ1) is 12.6. The van der Waals surface area contributed by atoms with Crippen LogP contribution in [0.25, 0.3) is 0 Å². The van der Waals surface area contributed by atoms with E-state index < -0.39 is 23.1 Å². The van der Waals surface area contributed by atoms with Crippen molar-refractivity contribution in [1.82, 2.24) is 0 Å². The Bertz CT molecular complexity index is 389. The standard InChI is InChI=1S/C11H13F2NO2/c1-2-11(14,6-10(15)16)7-3-8(12)5-9(13)4-7/h3-5H,2,6,14H2,1H3,(H,15,16). The predicted octanol–water partition coefficient (Wildman–Crippen LogP) is 2.00. The van der Waals surface area contributed by atoms with E-state index in [9.17, 15) is 13.6 Å². The molecule has 3 nitrogen and oxygen atoms in total. The van der Waals surface area contributed by atoms with Gasteiger partial charge in [0.15, 0.2) is 0 Å². The molecule has 16 heavy (non-hydrogen) atoms. The Hall–Kier alpha value is -1.49. The van der Waals surface area contributed by atoms with Crippen LogP contribution >= 0.6 is 0 Å². The molecule has 0 aliphatic carbocycles. The van der Waals surface area contributed by atoms with Crippen LogP contribution in [-0.4, -0.2) is 11.1 Å². The molecular weight excluding hydrogens is 216 g/mol. The van der Waals surface area contributed by atoms with Gasteiger partial charge in [-0.3, -0.25) is 4.79 Å². The van der Waals surface area contributed by atoms with Crippen LogP contribution in [0.1, 0.15) is 25.3 Å². The van der Waals surface area contributed by atoms with Gasteiger partial charge in [-0.05, 0) is 24.1 Å². The zero-order chi connectivity index (χ0) is 12.3. The second-order valence-corrected chi connectivity index (χ2v) is 3.74. The summed E-state index contributed by atoms with van der Waals surface area (Å²) in [6.45, 7) is 1.67. The number of aliphatic carboxylic acids is 1. The van der Waals surface area contributed by atoms with Crippen molar-refractivity contribution < 1.29 is 18.7 Å². The van der Waals surface area contributed by atoms with Crippen molar-refractivity contribution in [2.75, 3.05) is 0 Å². The number of carboxylic acids is 1. The van der Waals surface area contributed by atoms with Gasteiger partial charge in [-0.2, -0.15) is 0 Å². The van der Waals surface area contributed by atoms with Gasteiger partial charge in [-0.25, -0.2) is 8.78 Å². The molecule has 0 heterocycles. The van der Waals surface area contributed by atoms with Crippen molar-refractivity contribution in [1.29, 1.82) is 0 Å². The Balaban J connectivity index is 3.16. The molecule has 0 spiro atoms. The largest absolute Gasteiger partial charge is 0.481 e. The predicted molar refractivity (Wildman–Crippen MR) is 54.8 cm³/mol. The van der Waals surface area contributed by atoms with Gasteiger partial charge in [0.2, 0.25) is 0 Å². The maximum Gasteiger partial charge on any atom is 0.305 e. The fraction of sp³-hybridized carbons (Fsp3) is 0.364. The summed E-state index contributed by atoms with van der Waals surface area (Å²) in [7, 11) is 0. The van der Waals surface area contributed by atoms with Crippen molar-refractivity contribution in [3.8, 4) is 0 Å². The average molecular weight is 229 g/mol. The molecule has 0 fully saturated rings. The molecule has 1 atom stereocenters. The first-order chi connectivity index (χ1) is 7.37. The minimum absolute atomic E-state index is 0.162. The molecule has 0 saturated carbocycles. The first-order valence-electron chi connectivity index (χ1n) is 4.84. The van der Waals surface area contributed by atoms with Crippen LogP contribution in [0.15, 0.2) is 18.2 Å². The second kappa shape index (κ2) is 4.57. The summed E-state index contributed by atoms with van der Waals surface area (Å²) in [5.74, 6) is -2.62. The molecule has 0 aromatic heterocycles. The van der Waals surface area contributed by atoms with Crippen LogP contribution in [0.4, 0.5) is 8.78 Å². The van der Waals surface area contributed by atoms with Crippen LogP contribution < -0.4 is 5.73 Å². The summed E-state index contributed by atoms with van der Waals surface area (Å²) in [6.07, 6.45) is -0.0887. The highest BCUT2D eigenvalue weighted by atomic mass is 19.1. The summed E-state index contributed by atoms with van der Waals surface area (Å²) in [4.78, 5) is 10.6. The van der Waals surface area contributed by atoms with Crippen molar-refractivity contribution in [3.05, 3.63) is 35.4 Å². The van der Waals surface area contributed by atoms with Gasteiger partial charge in [0.25, 0.3) is 0 Å². The van der Waals surface area contributed by atoms with Gasteiger partial charge >= 0.3 is 5.97 Å². The molecule has 0 bridgehead atoms. The lowest BCUT2D eigenvalue weighted by Crippen LogP contribution is -2.38. The van der Waals surface area contributed by atoms with E-state index in [0.717, 1.165) is 18.2 Å². The third-order valence-electron chi connectivity index (χ3n) is 2.54. The van der Waals surface area contributed by atoms with Gasteiger partial charge in [0.1, 0.15) is 11.6 Å². The Morgan fingerprint density at radius 1 is 1.38 bits per heavy atom. The van der Waals surface area contributed by atoms with E-state index in [1.807, 2.05) is 0 Å². The van der Waals surface area contributed by atoms with E-state index in [0.29, 0.717) is 0 Å². The van der Waals surface area contributed by atoms with Gasteiger partial charge < -0.3 is 10.8 Å². The quantitative estimate of drug-likeness (QED) is 0.830. The SMILES string of the molecule is CCC(N)(CC(=O)O)c1cc(F)cc(F)c1. The second-order valence-electron chi connectivity index (χ2n) is 3.74. The van der Waals surface area contributed by atoms with Gasteiger partial charge in [0.05, 0.1) is 12.0 Å². The van der Waals surface area contributed by atoms with Crippen LogP contribution in [0.5, 0.6) is 0 Å². The average Bonchev–Trinajstić information content (AvgIpc) is 2.15. The Labute approximate surface area is 91.9 Å². The zero-order valence-corrected chi connectivity index (χ0v) is 8.84. The lowest BCUT2D eigenvalue weighted by atomic mass is 9.85. The highest BCUT2D eigenvalue weighted by molar-refractivity contribution is 5.68. The molecule has 3 N–H and O–H groups in total. The van der Waals surface area contributed by atoms with E-state index in [-0.39, 0.29) is 18.4 Å². The van der Waals surface area contributed by atoms with Crippen LogP contribution in [0.2, 0.25) is 0 Å². The number of halogens is 2. The molecular formula is C11H13F2NO2. The monoisotopic (exact) mass is 229 g/mol. The highest BCUT2D eigenvalue weighted by Crippen LogP contribution is 2.27. The van der Waals surface area contributed by atoms with E-state index in [2.05, 4.69) is 0 Å². The van der Waals surface area contributed by atoms with Crippen molar-refractivity contribution in [3.63, 3.8) is 0 Å². The maximum atomic E-state index is 13.0. The fourth-order valence-electron chi connectivity index (χ4n) is 1.54. The molecule has 1 aromatic rings. The van der Waals surface area contributed by atoms with Gasteiger partial charge in [0, 0.05) is 6.07 Å².